The molecular weight excluding hydrogens is 184 g/mol. The van der Waals surface area contributed by atoms with Gasteiger partial charge in [0.25, 0.3) is 5.90 Å². The maximum absolute atomic E-state index is 8.66. The third-order valence-corrected chi connectivity index (χ3v) is 1.82. The van der Waals surface area contributed by atoms with Crippen molar-refractivity contribution < 1.29 is 14.8 Å². The molecule has 1 N–H and O–H groups in total. The van der Waals surface area contributed by atoms with Crippen LogP contribution in [0.3, 0.4) is 0 Å². The monoisotopic (exact) mass is 192 g/mol. The molecule has 0 spiro atoms. The Morgan fingerprint density at radius 3 is 2.86 bits per heavy atom. The van der Waals surface area contributed by atoms with Crippen molar-refractivity contribution in [1.82, 2.24) is 0 Å². The maximum atomic E-state index is 8.66. The lowest BCUT2D eigenvalue weighted by atomic mass is 10.1. The molecule has 1 aliphatic rings. The first-order chi connectivity index (χ1) is 6.86. The van der Waals surface area contributed by atoms with Gasteiger partial charge in [0.05, 0.1) is 5.56 Å². The number of fused-ring (bicyclic) bond motifs is 1. The molecule has 5 nitrogen and oxygen atoms in total. The van der Waals surface area contributed by atoms with E-state index in [9.17, 15) is 0 Å². The van der Waals surface area contributed by atoms with Crippen LogP contribution in [-0.4, -0.2) is 23.9 Å². The number of nitrogens with zero attached hydrogens (tertiary/aromatic N) is 2. The van der Waals surface area contributed by atoms with Gasteiger partial charge in [-0.1, -0.05) is 17.3 Å². The smallest absolute Gasteiger partial charge is 0.285 e. The summed E-state index contributed by atoms with van der Waals surface area (Å²) < 4.78 is 5.21. The Morgan fingerprint density at radius 1 is 1.36 bits per heavy atom. The van der Waals surface area contributed by atoms with Gasteiger partial charge in [-0.3, -0.25) is 0 Å². The van der Waals surface area contributed by atoms with Crippen LogP contribution in [0.4, 0.5) is 0 Å². The van der Waals surface area contributed by atoms with Gasteiger partial charge in [0.1, 0.15) is 12.9 Å². The molecule has 0 saturated carbocycles. The van der Waals surface area contributed by atoms with Crippen LogP contribution in [0.15, 0.2) is 34.6 Å². The highest BCUT2D eigenvalue weighted by Crippen LogP contribution is 2.26. The molecule has 1 aliphatic heterocycles. The molecule has 14 heavy (non-hydrogen) atoms. The van der Waals surface area contributed by atoms with Crippen LogP contribution in [0, 0.1) is 0 Å². The lowest BCUT2D eigenvalue weighted by molar-refractivity contribution is 0.214. The highest BCUT2D eigenvalue weighted by molar-refractivity contribution is 6.48. The third-order valence-electron chi connectivity index (χ3n) is 1.82. The SMILES string of the molecule is CO/N=C1\C(=NO)Oc2ccccc21. The summed E-state index contributed by atoms with van der Waals surface area (Å²) in [6, 6.07) is 7.24. The molecule has 2 rings (SSSR count). The average Bonchev–Trinajstić information content (AvgIpc) is 2.58. The minimum Gasteiger partial charge on any atom is -0.434 e. The van der Waals surface area contributed by atoms with Crippen LogP contribution in [0.5, 0.6) is 5.75 Å². The van der Waals surface area contributed by atoms with Crippen LogP contribution < -0.4 is 4.74 Å². The molecule has 0 radical (unpaired) electrons. The van der Waals surface area contributed by atoms with E-state index in [0.717, 1.165) is 5.56 Å². The summed E-state index contributed by atoms with van der Waals surface area (Å²) in [7, 11) is 1.42. The Hall–Kier alpha value is -2.04. The normalized spacial score (nSPS) is 19.5. The van der Waals surface area contributed by atoms with E-state index in [0.29, 0.717) is 11.5 Å². The van der Waals surface area contributed by atoms with Crippen LogP contribution in [-0.2, 0) is 4.84 Å². The fourth-order valence-corrected chi connectivity index (χ4v) is 1.27. The molecule has 0 saturated heterocycles. The van der Waals surface area contributed by atoms with E-state index >= 15 is 0 Å². The van der Waals surface area contributed by atoms with E-state index in [1.807, 2.05) is 18.2 Å². The third kappa shape index (κ3) is 1.19. The number of oxime groups is 2. The molecule has 0 unspecified atom stereocenters. The van der Waals surface area contributed by atoms with E-state index in [-0.39, 0.29) is 5.90 Å². The molecule has 1 aromatic rings. The fourth-order valence-electron chi connectivity index (χ4n) is 1.27. The van der Waals surface area contributed by atoms with Gasteiger partial charge in [0.2, 0.25) is 0 Å². The predicted molar refractivity (Wildman–Crippen MR) is 49.8 cm³/mol. The quantitative estimate of drug-likeness (QED) is 0.537. The Balaban J connectivity index is 2.53. The molecule has 1 heterocycles. The average molecular weight is 192 g/mol. The zero-order valence-corrected chi connectivity index (χ0v) is 7.47. The molecule has 0 fully saturated rings. The highest BCUT2D eigenvalue weighted by atomic mass is 16.6. The van der Waals surface area contributed by atoms with Crippen molar-refractivity contribution in [3.8, 4) is 5.75 Å². The molecule has 0 amide bonds. The lowest BCUT2D eigenvalue weighted by Crippen LogP contribution is -2.13. The predicted octanol–water partition coefficient (Wildman–Crippen LogP) is 1.22. The molecule has 72 valence electrons. The van der Waals surface area contributed by atoms with Crippen molar-refractivity contribution in [1.29, 1.82) is 0 Å². The van der Waals surface area contributed by atoms with E-state index in [2.05, 4.69) is 15.1 Å². The van der Waals surface area contributed by atoms with Gasteiger partial charge < -0.3 is 14.8 Å². The van der Waals surface area contributed by atoms with E-state index < -0.39 is 0 Å². The zero-order chi connectivity index (χ0) is 9.97. The second-order valence-electron chi connectivity index (χ2n) is 2.63. The van der Waals surface area contributed by atoms with Crippen molar-refractivity contribution in [2.75, 3.05) is 7.11 Å². The fraction of sp³-hybridized carbons (Fsp3) is 0.111. The second kappa shape index (κ2) is 3.37. The van der Waals surface area contributed by atoms with Crippen LogP contribution in [0.2, 0.25) is 0 Å². The maximum Gasteiger partial charge on any atom is 0.285 e. The van der Waals surface area contributed by atoms with Crippen molar-refractivity contribution in [2.45, 2.75) is 0 Å². The Labute approximate surface area is 80.2 Å². The van der Waals surface area contributed by atoms with E-state index in [1.165, 1.54) is 7.11 Å². The van der Waals surface area contributed by atoms with Gasteiger partial charge in [-0.2, -0.15) is 0 Å². The summed E-state index contributed by atoms with van der Waals surface area (Å²) in [5.41, 5.74) is 1.15. The summed E-state index contributed by atoms with van der Waals surface area (Å²) in [6.45, 7) is 0. The number of rotatable bonds is 1. The summed E-state index contributed by atoms with van der Waals surface area (Å²) in [5.74, 6) is 0.657. The number of para-hydroxylation sites is 1. The highest BCUT2D eigenvalue weighted by Gasteiger charge is 2.27. The summed E-state index contributed by atoms with van der Waals surface area (Å²) in [5, 5.41) is 15.4. The molecule has 0 atom stereocenters. The van der Waals surface area contributed by atoms with Gasteiger partial charge in [0, 0.05) is 0 Å². The zero-order valence-electron chi connectivity index (χ0n) is 7.47. The largest absolute Gasteiger partial charge is 0.434 e. The Bertz CT molecular complexity index is 412. The summed E-state index contributed by atoms with van der Waals surface area (Å²) in [4.78, 5) is 4.63. The van der Waals surface area contributed by atoms with Gasteiger partial charge >= 0.3 is 0 Å². The van der Waals surface area contributed by atoms with E-state index in [1.54, 1.807) is 6.07 Å². The molecule has 1 aromatic carbocycles. The Morgan fingerprint density at radius 2 is 2.14 bits per heavy atom. The van der Waals surface area contributed by atoms with Crippen molar-refractivity contribution in [3.63, 3.8) is 0 Å². The standard InChI is InChI=1S/C9H8N2O3/c1-13-11-8-6-4-2-3-5-7(6)14-9(8)10-12/h2-5,12H,1H3/b10-9?,11-8-. The van der Waals surface area contributed by atoms with Crippen molar-refractivity contribution >= 4 is 11.6 Å². The number of ether oxygens (including phenoxy) is 1. The number of hydrogen-bond donors (Lipinski definition) is 1. The van der Waals surface area contributed by atoms with Crippen molar-refractivity contribution in [2.24, 2.45) is 10.3 Å². The lowest BCUT2D eigenvalue weighted by Gasteiger charge is -1.93. The van der Waals surface area contributed by atoms with Gasteiger partial charge in [0.15, 0.2) is 5.71 Å². The molecule has 5 heteroatoms. The second-order valence-corrected chi connectivity index (χ2v) is 2.63. The van der Waals surface area contributed by atoms with Crippen LogP contribution >= 0.6 is 0 Å². The first-order valence-electron chi connectivity index (χ1n) is 3.97. The first kappa shape index (κ1) is 8.55. The topological polar surface area (TPSA) is 63.4 Å². The minimum atomic E-state index is 0.0491. The minimum absolute atomic E-state index is 0.0491. The summed E-state index contributed by atoms with van der Waals surface area (Å²) >= 11 is 0. The Kier molecular flexibility index (Phi) is 2.06. The number of hydrogen-bond acceptors (Lipinski definition) is 5. The molecule has 0 aromatic heterocycles. The van der Waals surface area contributed by atoms with Gasteiger partial charge in [-0.05, 0) is 17.3 Å². The molecular formula is C9H8N2O3. The van der Waals surface area contributed by atoms with Crippen molar-refractivity contribution in [3.05, 3.63) is 29.8 Å². The van der Waals surface area contributed by atoms with E-state index in [4.69, 9.17) is 9.94 Å². The molecule has 0 bridgehead atoms. The van der Waals surface area contributed by atoms with Gasteiger partial charge in [-0.25, -0.2) is 0 Å². The summed E-state index contributed by atoms with van der Waals surface area (Å²) in [6.07, 6.45) is 0. The van der Waals surface area contributed by atoms with Crippen LogP contribution in [0.1, 0.15) is 5.56 Å². The number of benzene rings is 1. The van der Waals surface area contributed by atoms with Crippen LogP contribution in [0.25, 0.3) is 0 Å². The first-order valence-corrected chi connectivity index (χ1v) is 3.97. The van der Waals surface area contributed by atoms with Gasteiger partial charge in [-0.15, -0.1) is 0 Å². The molecule has 0 aliphatic carbocycles.